The summed E-state index contributed by atoms with van der Waals surface area (Å²) in [6, 6.07) is 3.90. The van der Waals surface area contributed by atoms with Crippen molar-refractivity contribution in [2.24, 2.45) is 0 Å². The van der Waals surface area contributed by atoms with Crippen LogP contribution in [0.4, 0.5) is 0 Å². The van der Waals surface area contributed by atoms with Gasteiger partial charge in [0.2, 0.25) is 0 Å². The lowest BCUT2D eigenvalue weighted by Crippen LogP contribution is -2.06. The van der Waals surface area contributed by atoms with Gasteiger partial charge in [-0.3, -0.25) is 0 Å². The van der Waals surface area contributed by atoms with Crippen LogP contribution < -0.4 is 10.2 Å². The molecule has 0 unspecified atom stereocenters. The molecule has 1 rings (SSSR count). The summed E-state index contributed by atoms with van der Waals surface area (Å²) in [4.78, 5) is 1.05. The van der Waals surface area contributed by atoms with Crippen LogP contribution in [-0.4, -0.2) is 18.6 Å². The zero-order valence-corrected chi connectivity index (χ0v) is 10.4. The second-order valence-electron chi connectivity index (χ2n) is 2.65. The zero-order valence-electron chi connectivity index (χ0n) is 8.00. The van der Waals surface area contributed by atoms with E-state index in [-0.39, 0.29) is 0 Å². The fraction of sp³-hybridized carbons (Fsp3) is 0.333. The lowest BCUT2D eigenvalue weighted by atomic mass is 10.2. The van der Waals surface area contributed by atoms with E-state index in [1.807, 2.05) is 18.4 Å². The fourth-order valence-electron chi connectivity index (χ4n) is 1.16. The van der Waals surface area contributed by atoms with Gasteiger partial charge in [-0.1, -0.05) is 0 Å². The van der Waals surface area contributed by atoms with E-state index in [4.69, 9.17) is 9.94 Å². The predicted molar refractivity (Wildman–Crippen MR) is 61.1 cm³/mol. The number of ether oxygens (including phenoxy) is 1. The first-order chi connectivity index (χ1) is 6.72. The van der Waals surface area contributed by atoms with Gasteiger partial charge in [-0.25, -0.2) is 5.48 Å². The Balaban J connectivity index is 3.10. The molecular weight excluding hydrogens is 266 g/mol. The lowest BCUT2D eigenvalue weighted by Gasteiger charge is -2.10. The van der Waals surface area contributed by atoms with E-state index in [0.717, 1.165) is 20.7 Å². The third-order valence-electron chi connectivity index (χ3n) is 1.78. The van der Waals surface area contributed by atoms with Crippen molar-refractivity contribution >= 4 is 27.7 Å². The Morgan fingerprint density at radius 3 is 2.79 bits per heavy atom. The number of halogens is 1. The number of hydrogen-bond donors (Lipinski definition) is 2. The molecule has 14 heavy (non-hydrogen) atoms. The molecule has 0 heterocycles. The van der Waals surface area contributed by atoms with E-state index >= 15 is 0 Å². The molecule has 1 aromatic carbocycles. The molecule has 1 aromatic rings. The van der Waals surface area contributed by atoms with Gasteiger partial charge in [0.15, 0.2) is 0 Å². The fourth-order valence-corrected chi connectivity index (χ4v) is 2.61. The largest absolute Gasteiger partial charge is 0.494 e. The van der Waals surface area contributed by atoms with Gasteiger partial charge in [0.25, 0.3) is 0 Å². The van der Waals surface area contributed by atoms with Crippen molar-refractivity contribution in [3.8, 4) is 5.75 Å². The molecule has 0 amide bonds. The van der Waals surface area contributed by atoms with Crippen molar-refractivity contribution in [3.63, 3.8) is 0 Å². The molecule has 0 aliphatic heterocycles. The third kappa shape index (κ3) is 2.63. The Morgan fingerprint density at radius 1 is 1.57 bits per heavy atom. The monoisotopic (exact) mass is 277 g/mol. The van der Waals surface area contributed by atoms with E-state index in [9.17, 15) is 0 Å². The number of hydroxylamine groups is 1. The zero-order chi connectivity index (χ0) is 10.6. The van der Waals surface area contributed by atoms with Crippen LogP contribution in [-0.2, 0) is 6.54 Å². The van der Waals surface area contributed by atoms with Gasteiger partial charge in [-0.2, -0.15) is 0 Å². The molecule has 0 radical (unpaired) electrons. The number of nitrogens with one attached hydrogen (secondary N) is 1. The molecule has 0 aromatic heterocycles. The predicted octanol–water partition coefficient (Wildman–Crippen LogP) is 2.66. The standard InChI is InChI=1S/C9H12BrNO2S/c1-13-9-7(10)3-6(5-11-12)4-8(9)14-2/h3-4,11-12H,5H2,1-2H3. The first-order valence-corrected chi connectivity index (χ1v) is 6.02. The summed E-state index contributed by atoms with van der Waals surface area (Å²) < 4.78 is 6.15. The molecule has 0 aliphatic carbocycles. The van der Waals surface area contributed by atoms with Gasteiger partial charge in [-0.05, 0) is 39.9 Å². The van der Waals surface area contributed by atoms with Gasteiger partial charge in [0.1, 0.15) is 5.75 Å². The number of methoxy groups -OCH3 is 1. The van der Waals surface area contributed by atoms with Crippen LogP contribution in [0.1, 0.15) is 5.56 Å². The van der Waals surface area contributed by atoms with Crippen molar-refractivity contribution in [1.82, 2.24) is 5.48 Å². The summed E-state index contributed by atoms with van der Waals surface area (Å²) in [5, 5.41) is 8.60. The summed E-state index contributed by atoms with van der Waals surface area (Å²) in [5.41, 5.74) is 3.13. The van der Waals surface area contributed by atoms with Gasteiger partial charge in [0, 0.05) is 6.54 Å². The van der Waals surface area contributed by atoms with Crippen molar-refractivity contribution in [3.05, 3.63) is 22.2 Å². The highest BCUT2D eigenvalue weighted by Crippen LogP contribution is 2.35. The van der Waals surface area contributed by atoms with Crippen molar-refractivity contribution in [2.75, 3.05) is 13.4 Å². The van der Waals surface area contributed by atoms with Gasteiger partial charge < -0.3 is 9.94 Å². The molecule has 0 atom stereocenters. The summed E-state index contributed by atoms with van der Waals surface area (Å²) in [7, 11) is 1.64. The highest BCUT2D eigenvalue weighted by atomic mass is 79.9. The van der Waals surface area contributed by atoms with Crippen LogP contribution in [0.15, 0.2) is 21.5 Å². The summed E-state index contributed by atoms with van der Waals surface area (Å²) >= 11 is 5.03. The smallest absolute Gasteiger partial charge is 0.146 e. The molecule has 0 spiro atoms. The molecule has 78 valence electrons. The summed E-state index contributed by atoms with van der Waals surface area (Å²) in [6.45, 7) is 0.427. The Hall–Kier alpha value is -0.230. The Labute approximate surface area is 95.9 Å². The van der Waals surface area contributed by atoms with Gasteiger partial charge in [-0.15, -0.1) is 11.8 Å². The van der Waals surface area contributed by atoms with Crippen LogP contribution >= 0.6 is 27.7 Å². The average Bonchev–Trinajstić information content (AvgIpc) is 2.17. The average molecular weight is 278 g/mol. The maximum absolute atomic E-state index is 8.60. The van der Waals surface area contributed by atoms with E-state index in [0.29, 0.717) is 6.54 Å². The SMILES string of the molecule is COc1c(Br)cc(CNO)cc1SC. The molecule has 3 nitrogen and oxygen atoms in total. The highest BCUT2D eigenvalue weighted by Gasteiger charge is 2.08. The van der Waals surface area contributed by atoms with Crippen LogP contribution in [0.5, 0.6) is 5.75 Å². The van der Waals surface area contributed by atoms with Gasteiger partial charge in [0.05, 0.1) is 16.5 Å². The second kappa shape index (κ2) is 5.60. The molecule has 0 saturated carbocycles. The van der Waals surface area contributed by atoms with Crippen molar-refractivity contribution in [1.29, 1.82) is 0 Å². The minimum atomic E-state index is 0.427. The van der Waals surface area contributed by atoms with Crippen LogP contribution in [0, 0.1) is 0 Å². The Morgan fingerprint density at radius 2 is 2.29 bits per heavy atom. The van der Waals surface area contributed by atoms with E-state index in [1.165, 1.54) is 0 Å². The quantitative estimate of drug-likeness (QED) is 0.656. The Kier molecular flexibility index (Phi) is 4.74. The number of hydrogen-bond acceptors (Lipinski definition) is 4. The number of thioether (sulfide) groups is 1. The normalized spacial score (nSPS) is 10.3. The second-order valence-corrected chi connectivity index (χ2v) is 4.35. The number of benzene rings is 1. The van der Waals surface area contributed by atoms with E-state index < -0.39 is 0 Å². The van der Waals surface area contributed by atoms with Crippen LogP contribution in [0.25, 0.3) is 0 Å². The van der Waals surface area contributed by atoms with Crippen LogP contribution in [0.3, 0.4) is 0 Å². The topological polar surface area (TPSA) is 41.5 Å². The van der Waals surface area contributed by atoms with E-state index in [2.05, 4.69) is 21.4 Å². The highest BCUT2D eigenvalue weighted by molar-refractivity contribution is 9.10. The minimum Gasteiger partial charge on any atom is -0.494 e. The maximum atomic E-state index is 8.60. The van der Waals surface area contributed by atoms with Crippen molar-refractivity contribution in [2.45, 2.75) is 11.4 Å². The molecule has 5 heteroatoms. The molecule has 0 fully saturated rings. The Bertz CT molecular complexity index is 320. The molecule has 0 saturated heterocycles. The summed E-state index contributed by atoms with van der Waals surface area (Å²) in [6.07, 6.45) is 1.99. The van der Waals surface area contributed by atoms with E-state index in [1.54, 1.807) is 18.9 Å². The van der Waals surface area contributed by atoms with Crippen molar-refractivity contribution < 1.29 is 9.94 Å². The minimum absolute atomic E-state index is 0.427. The molecule has 0 aliphatic rings. The molecule has 2 N–H and O–H groups in total. The number of rotatable bonds is 4. The maximum Gasteiger partial charge on any atom is 0.146 e. The molecular formula is C9H12BrNO2S. The molecule has 0 bridgehead atoms. The third-order valence-corrected chi connectivity index (χ3v) is 3.11. The summed E-state index contributed by atoms with van der Waals surface area (Å²) in [5.74, 6) is 0.833. The lowest BCUT2D eigenvalue weighted by molar-refractivity contribution is 0.161. The van der Waals surface area contributed by atoms with Crippen LogP contribution in [0.2, 0.25) is 0 Å². The van der Waals surface area contributed by atoms with Gasteiger partial charge >= 0.3 is 0 Å². The first-order valence-electron chi connectivity index (χ1n) is 4.00. The first kappa shape index (κ1) is 11.8.